The van der Waals surface area contributed by atoms with Crippen molar-refractivity contribution in [2.24, 2.45) is 0 Å². The van der Waals surface area contributed by atoms with Gasteiger partial charge in [0.05, 0.1) is 32.3 Å². The lowest BCUT2D eigenvalue weighted by Gasteiger charge is -2.37. The number of nitrogens with zero attached hydrogens (tertiary/aromatic N) is 1. The zero-order valence-corrected chi connectivity index (χ0v) is 18.6. The van der Waals surface area contributed by atoms with Gasteiger partial charge in [-0.15, -0.1) is 0 Å². The molecular weight excluding hydrogens is 414 g/mol. The Hall–Kier alpha value is -3.03. The fourth-order valence-electron chi connectivity index (χ4n) is 4.05. The van der Waals surface area contributed by atoms with Crippen molar-refractivity contribution in [1.82, 2.24) is 4.31 Å². The summed E-state index contributed by atoms with van der Waals surface area (Å²) in [6.45, 7) is 0.358. The fourth-order valence-corrected chi connectivity index (χ4v) is 5.64. The van der Waals surface area contributed by atoms with Crippen molar-refractivity contribution in [2.75, 3.05) is 27.9 Å². The molecule has 6 nitrogen and oxygen atoms in total. The highest BCUT2D eigenvalue weighted by Gasteiger charge is 2.38. The fraction of sp³-hybridized carbons (Fsp3) is 0.250. The van der Waals surface area contributed by atoms with Gasteiger partial charge in [-0.05, 0) is 59.5 Å². The first kappa shape index (κ1) is 21.2. The van der Waals surface area contributed by atoms with Crippen molar-refractivity contribution in [1.29, 1.82) is 0 Å². The minimum atomic E-state index is -3.76. The zero-order chi connectivity index (χ0) is 22.0. The van der Waals surface area contributed by atoms with Gasteiger partial charge in [0.25, 0.3) is 0 Å². The maximum absolute atomic E-state index is 13.7. The molecule has 0 aromatic heterocycles. The van der Waals surface area contributed by atoms with E-state index in [9.17, 15) is 8.42 Å². The van der Waals surface area contributed by atoms with E-state index in [0.29, 0.717) is 30.2 Å². The summed E-state index contributed by atoms with van der Waals surface area (Å²) in [4.78, 5) is 0.234. The molecule has 0 bridgehead atoms. The molecule has 0 fully saturated rings. The molecule has 7 heteroatoms. The molecular formula is C24H25NO5S. The van der Waals surface area contributed by atoms with Crippen LogP contribution < -0.4 is 14.2 Å². The number of rotatable bonds is 6. The number of methoxy groups -OCH3 is 3. The van der Waals surface area contributed by atoms with E-state index in [-0.39, 0.29) is 4.90 Å². The molecule has 1 heterocycles. The number of ether oxygens (including phenoxy) is 3. The number of benzene rings is 3. The van der Waals surface area contributed by atoms with Crippen molar-refractivity contribution in [3.63, 3.8) is 0 Å². The maximum atomic E-state index is 13.7. The van der Waals surface area contributed by atoms with E-state index in [1.165, 1.54) is 0 Å². The van der Waals surface area contributed by atoms with E-state index in [4.69, 9.17) is 14.2 Å². The van der Waals surface area contributed by atoms with Crippen LogP contribution in [0, 0.1) is 0 Å². The lowest BCUT2D eigenvalue weighted by molar-refractivity contribution is 0.332. The SMILES string of the molecule is COc1ccc(S(=O)(=O)N2CCc3cc(OC)c(OC)cc3[C@@H]2c2ccccc2)cc1. The Balaban J connectivity index is 1.87. The molecule has 0 saturated carbocycles. The van der Waals surface area contributed by atoms with Crippen LogP contribution in [0.15, 0.2) is 71.6 Å². The van der Waals surface area contributed by atoms with Gasteiger partial charge in [-0.1, -0.05) is 30.3 Å². The standard InChI is InChI=1S/C24H25NO5S/c1-28-19-9-11-20(12-10-19)31(26,27)25-14-13-18-15-22(29-2)23(30-3)16-21(18)24(25)17-7-5-4-6-8-17/h4-12,15-16,24H,13-14H2,1-3H3/t24-/m0/s1. The second kappa shape index (κ2) is 8.61. The Kier molecular flexibility index (Phi) is 5.89. The summed E-state index contributed by atoms with van der Waals surface area (Å²) in [5.74, 6) is 1.82. The minimum Gasteiger partial charge on any atom is -0.497 e. The summed E-state index contributed by atoms with van der Waals surface area (Å²) in [5.41, 5.74) is 2.84. The lowest BCUT2D eigenvalue weighted by Crippen LogP contribution is -2.40. The average Bonchev–Trinajstić information content (AvgIpc) is 2.82. The zero-order valence-electron chi connectivity index (χ0n) is 17.7. The van der Waals surface area contributed by atoms with Crippen molar-refractivity contribution >= 4 is 10.0 Å². The largest absolute Gasteiger partial charge is 0.497 e. The van der Waals surface area contributed by atoms with Crippen LogP contribution in [0.1, 0.15) is 22.7 Å². The average molecular weight is 440 g/mol. The molecule has 0 amide bonds. The van der Waals surface area contributed by atoms with Crippen molar-refractivity contribution in [3.8, 4) is 17.2 Å². The Morgan fingerprint density at radius 2 is 1.48 bits per heavy atom. The van der Waals surface area contributed by atoms with Crippen LogP contribution in [-0.4, -0.2) is 40.6 Å². The van der Waals surface area contributed by atoms with Crippen LogP contribution in [0.4, 0.5) is 0 Å². The summed E-state index contributed by atoms with van der Waals surface area (Å²) >= 11 is 0. The normalized spacial score (nSPS) is 16.4. The minimum absolute atomic E-state index is 0.234. The van der Waals surface area contributed by atoms with Gasteiger partial charge in [-0.25, -0.2) is 8.42 Å². The highest BCUT2D eigenvalue weighted by atomic mass is 32.2. The van der Waals surface area contributed by atoms with E-state index in [1.807, 2.05) is 42.5 Å². The van der Waals surface area contributed by atoms with Crippen LogP contribution in [0.2, 0.25) is 0 Å². The molecule has 3 aromatic carbocycles. The molecule has 1 aliphatic rings. The number of hydrogen-bond acceptors (Lipinski definition) is 5. The molecule has 0 unspecified atom stereocenters. The van der Waals surface area contributed by atoms with Crippen LogP contribution >= 0.6 is 0 Å². The van der Waals surface area contributed by atoms with E-state index < -0.39 is 16.1 Å². The first-order chi connectivity index (χ1) is 15.0. The lowest BCUT2D eigenvalue weighted by atomic mass is 9.89. The monoisotopic (exact) mass is 439 g/mol. The predicted octanol–water partition coefficient (Wildman–Crippen LogP) is 4.05. The van der Waals surface area contributed by atoms with Gasteiger partial charge >= 0.3 is 0 Å². The smallest absolute Gasteiger partial charge is 0.243 e. The molecule has 0 aliphatic carbocycles. The second-order valence-corrected chi connectivity index (χ2v) is 9.15. The van der Waals surface area contributed by atoms with Crippen LogP contribution in [0.3, 0.4) is 0 Å². The van der Waals surface area contributed by atoms with E-state index in [0.717, 1.165) is 16.7 Å². The number of sulfonamides is 1. The van der Waals surface area contributed by atoms with Crippen molar-refractivity contribution in [3.05, 3.63) is 83.4 Å². The van der Waals surface area contributed by atoms with Gasteiger partial charge < -0.3 is 14.2 Å². The molecule has 31 heavy (non-hydrogen) atoms. The van der Waals surface area contributed by atoms with Gasteiger partial charge in [0, 0.05) is 6.54 Å². The van der Waals surface area contributed by atoms with Gasteiger partial charge in [0.15, 0.2) is 11.5 Å². The van der Waals surface area contributed by atoms with Gasteiger partial charge in [0.1, 0.15) is 5.75 Å². The third kappa shape index (κ3) is 3.86. The Bertz CT molecular complexity index is 1160. The molecule has 1 aliphatic heterocycles. The van der Waals surface area contributed by atoms with Crippen molar-refractivity contribution in [2.45, 2.75) is 17.4 Å². The molecule has 162 valence electrons. The summed E-state index contributed by atoms with van der Waals surface area (Å²) in [6.07, 6.45) is 0.578. The molecule has 4 rings (SSSR count). The second-order valence-electron chi connectivity index (χ2n) is 7.26. The summed E-state index contributed by atoms with van der Waals surface area (Å²) in [7, 11) is 0.976. The predicted molar refractivity (Wildman–Crippen MR) is 118 cm³/mol. The third-order valence-corrected chi connectivity index (χ3v) is 7.49. The molecule has 0 saturated heterocycles. The first-order valence-electron chi connectivity index (χ1n) is 9.95. The molecule has 0 N–H and O–H groups in total. The Labute approximate surface area is 183 Å². The van der Waals surface area contributed by atoms with Gasteiger partial charge in [0.2, 0.25) is 10.0 Å². The Morgan fingerprint density at radius 3 is 2.10 bits per heavy atom. The molecule has 0 radical (unpaired) electrons. The van der Waals surface area contributed by atoms with Crippen LogP contribution in [0.25, 0.3) is 0 Å². The van der Waals surface area contributed by atoms with E-state index in [1.54, 1.807) is 49.9 Å². The highest BCUT2D eigenvalue weighted by Crippen LogP contribution is 2.43. The molecule has 1 atom stereocenters. The maximum Gasteiger partial charge on any atom is 0.243 e. The van der Waals surface area contributed by atoms with E-state index in [2.05, 4.69) is 0 Å². The Morgan fingerprint density at radius 1 is 0.839 bits per heavy atom. The van der Waals surface area contributed by atoms with E-state index >= 15 is 0 Å². The third-order valence-electron chi connectivity index (χ3n) is 5.61. The van der Waals surface area contributed by atoms with Gasteiger partial charge in [-0.3, -0.25) is 0 Å². The van der Waals surface area contributed by atoms with Gasteiger partial charge in [-0.2, -0.15) is 4.31 Å². The summed E-state index contributed by atoms with van der Waals surface area (Å²) in [6, 6.07) is 19.5. The molecule has 3 aromatic rings. The van der Waals surface area contributed by atoms with Crippen LogP contribution in [0.5, 0.6) is 17.2 Å². The van der Waals surface area contributed by atoms with Crippen molar-refractivity contribution < 1.29 is 22.6 Å². The topological polar surface area (TPSA) is 65.1 Å². The first-order valence-corrected chi connectivity index (χ1v) is 11.4. The summed E-state index contributed by atoms with van der Waals surface area (Å²) in [5, 5.41) is 0. The highest BCUT2D eigenvalue weighted by molar-refractivity contribution is 7.89. The van der Waals surface area contributed by atoms with Crippen LogP contribution in [-0.2, 0) is 16.4 Å². The number of hydrogen-bond donors (Lipinski definition) is 0. The molecule has 0 spiro atoms. The quantitative estimate of drug-likeness (QED) is 0.580. The summed E-state index contributed by atoms with van der Waals surface area (Å²) < 4.78 is 45.1. The number of fused-ring (bicyclic) bond motifs is 1.